The number of hydrogen-bond acceptors (Lipinski definition) is 3. The number of carbonyl (C=O) groups is 2. The standard InChI is InChI=1S/C20H18BFN2O2/c1-20(2,11-23)13-8-12-6-7-24(19(26)18(12)16(22)9-13)17-5-3-4-15(21)14(17)10-25/h3-5,8-11,23H,6-7H2,1-2H3. The van der Waals surface area contributed by atoms with Gasteiger partial charge in [0.2, 0.25) is 0 Å². The van der Waals surface area contributed by atoms with Gasteiger partial charge in [-0.2, -0.15) is 0 Å². The molecule has 4 nitrogen and oxygen atoms in total. The minimum Gasteiger partial charge on any atom is -0.312 e. The number of aldehydes is 1. The minimum atomic E-state index is -0.616. The smallest absolute Gasteiger partial charge is 0.261 e. The molecule has 0 aromatic heterocycles. The van der Waals surface area contributed by atoms with E-state index in [2.05, 4.69) is 0 Å². The molecule has 6 heteroatoms. The maximum atomic E-state index is 14.8. The summed E-state index contributed by atoms with van der Waals surface area (Å²) in [5, 5.41) is 7.53. The first-order valence-corrected chi connectivity index (χ1v) is 8.30. The third-order valence-corrected chi connectivity index (χ3v) is 4.87. The van der Waals surface area contributed by atoms with Crippen molar-refractivity contribution >= 4 is 37.4 Å². The van der Waals surface area contributed by atoms with Crippen LogP contribution in [0.15, 0.2) is 30.3 Å². The Bertz CT molecular complexity index is 924. The van der Waals surface area contributed by atoms with Crippen LogP contribution in [0.4, 0.5) is 10.1 Å². The fraction of sp³-hybridized carbons (Fsp3) is 0.250. The molecule has 0 saturated carbocycles. The van der Waals surface area contributed by atoms with Crippen LogP contribution in [0.2, 0.25) is 0 Å². The molecule has 3 rings (SSSR count). The lowest BCUT2D eigenvalue weighted by Gasteiger charge is -2.31. The van der Waals surface area contributed by atoms with Crippen molar-refractivity contribution in [3.05, 3.63) is 58.4 Å². The van der Waals surface area contributed by atoms with Gasteiger partial charge in [0.15, 0.2) is 6.29 Å². The van der Waals surface area contributed by atoms with Crippen LogP contribution in [-0.4, -0.2) is 32.8 Å². The molecule has 0 bridgehead atoms. The summed E-state index contributed by atoms with van der Waals surface area (Å²) in [5.41, 5.74) is 1.56. The van der Waals surface area contributed by atoms with Crippen LogP contribution in [-0.2, 0) is 11.8 Å². The Morgan fingerprint density at radius 3 is 2.69 bits per heavy atom. The third kappa shape index (κ3) is 2.85. The summed E-state index contributed by atoms with van der Waals surface area (Å²) >= 11 is 0. The second-order valence-electron chi connectivity index (χ2n) is 6.96. The predicted molar refractivity (Wildman–Crippen MR) is 101 cm³/mol. The van der Waals surface area contributed by atoms with Gasteiger partial charge in [0.05, 0.1) is 11.3 Å². The molecule has 2 aromatic carbocycles. The molecule has 0 aliphatic carbocycles. The Morgan fingerprint density at radius 1 is 1.31 bits per heavy atom. The number of hydrogen-bond donors (Lipinski definition) is 1. The van der Waals surface area contributed by atoms with Gasteiger partial charge >= 0.3 is 0 Å². The van der Waals surface area contributed by atoms with Gasteiger partial charge in [-0.15, -0.1) is 0 Å². The predicted octanol–water partition coefficient (Wildman–Crippen LogP) is 2.56. The van der Waals surface area contributed by atoms with Crippen LogP contribution in [0, 0.1) is 11.2 Å². The first-order valence-electron chi connectivity index (χ1n) is 8.30. The van der Waals surface area contributed by atoms with Crippen molar-refractivity contribution in [1.29, 1.82) is 5.41 Å². The van der Waals surface area contributed by atoms with E-state index >= 15 is 0 Å². The zero-order valence-corrected chi connectivity index (χ0v) is 14.7. The molecule has 1 amide bonds. The molecule has 1 N–H and O–H groups in total. The quantitative estimate of drug-likeness (QED) is 0.524. The largest absolute Gasteiger partial charge is 0.312 e. The topological polar surface area (TPSA) is 61.2 Å². The van der Waals surface area contributed by atoms with Gasteiger partial charge in [0.25, 0.3) is 5.91 Å². The Kier molecular flexibility index (Phi) is 4.53. The molecule has 0 saturated heterocycles. The van der Waals surface area contributed by atoms with Crippen LogP contribution < -0.4 is 10.4 Å². The van der Waals surface area contributed by atoms with Crippen molar-refractivity contribution in [1.82, 2.24) is 0 Å². The number of fused-ring (bicyclic) bond motifs is 1. The van der Waals surface area contributed by atoms with E-state index in [9.17, 15) is 14.0 Å². The Labute approximate surface area is 152 Å². The van der Waals surface area contributed by atoms with E-state index in [0.717, 1.165) is 0 Å². The van der Waals surface area contributed by atoms with Gasteiger partial charge in [0.1, 0.15) is 13.7 Å². The Hall–Kier alpha value is -2.76. The maximum Gasteiger partial charge on any atom is 0.261 e. The number of nitrogens with one attached hydrogen (secondary N) is 1. The van der Waals surface area contributed by atoms with Crippen molar-refractivity contribution < 1.29 is 14.0 Å². The molecule has 2 radical (unpaired) electrons. The third-order valence-electron chi connectivity index (χ3n) is 4.87. The van der Waals surface area contributed by atoms with E-state index in [1.807, 2.05) is 13.8 Å². The van der Waals surface area contributed by atoms with Gasteiger partial charge < -0.3 is 10.3 Å². The summed E-state index contributed by atoms with van der Waals surface area (Å²) < 4.78 is 14.8. The summed E-state index contributed by atoms with van der Waals surface area (Å²) in [6.07, 6.45) is 2.32. The van der Waals surface area contributed by atoms with Crippen LogP contribution in [0.25, 0.3) is 0 Å². The zero-order chi connectivity index (χ0) is 19.1. The Balaban J connectivity index is 2.09. The fourth-order valence-corrected chi connectivity index (χ4v) is 3.19. The van der Waals surface area contributed by atoms with E-state index in [1.165, 1.54) is 17.2 Å². The number of nitrogens with zero attached hydrogens (tertiary/aromatic N) is 1. The molecule has 2 aromatic rings. The van der Waals surface area contributed by atoms with Gasteiger partial charge in [-0.25, -0.2) is 4.39 Å². The van der Waals surface area contributed by atoms with E-state index < -0.39 is 17.1 Å². The summed E-state index contributed by atoms with van der Waals surface area (Å²) in [7, 11) is 5.83. The maximum absolute atomic E-state index is 14.8. The van der Waals surface area contributed by atoms with E-state index in [1.54, 1.807) is 24.3 Å². The lowest BCUT2D eigenvalue weighted by molar-refractivity contribution is 0.0976. The van der Waals surface area contributed by atoms with Crippen molar-refractivity contribution in [3.63, 3.8) is 0 Å². The number of anilines is 1. The molecule has 0 fully saturated rings. The molecular weight excluding hydrogens is 330 g/mol. The zero-order valence-electron chi connectivity index (χ0n) is 14.7. The van der Waals surface area contributed by atoms with Gasteiger partial charge in [-0.05, 0) is 29.7 Å². The summed E-state index contributed by atoms with van der Waals surface area (Å²) in [4.78, 5) is 25.7. The molecule has 26 heavy (non-hydrogen) atoms. The van der Waals surface area contributed by atoms with Gasteiger partial charge in [-0.1, -0.05) is 37.5 Å². The second kappa shape index (κ2) is 6.52. The second-order valence-corrected chi connectivity index (χ2v) is 6.96. The van der Waals surface area contributed by atoms with Gasteiger partial charge in [-0.3, -0.25) is 9.59 Å². The Morgan fingerprint density at radius 2 is 2.04 bits per heavy atom. The average molecular weight is 348 g/mol. The SMILES string of the molecule is [B]c1cccc(N2CCc3cc(C(C)(C)C=N)cc(F)c3C2=O)c1C=O. The van der Waals surface area contributed by atoms with E-state index in [-0.39, 0.29) is 16.6 Å². The highest BCUT2D eigenvalue weighted by Gasteiger charge is 2.32. The molecule has 130 valence electrons. The first-order chi connectivity index (χ1) is 12.3. The summed E-state index contributed by atoms with van der Waals surface area (Å²) in [6, 6.07) is 7.98. The molecule has 1 aliphatic rings. The summed E-state index contributed by atoms with van der Waals surface area (Å²) in [6.45, 7) is 3.96. The first kappa shape index (κ1) is 18.0. The monoisotopic (exact) mass is 348 g/mol. The number of carbonyl (C=O) groups excluding carboxylic acids is 2. The van der Waals surface area contributed by atoms with Gasteiger partial charge in [0, 0.05) is 23.7 Å². The summed E-state index contributed by atoms with van der Waals surface area (Å²) in [5.74, 6) is -1.10. The molecule has 1 aliphatic heterocycles. The molecular formula is C20H18BFN2O2. The fourth-order valence-electron chi connectivity index (χ4n) is 3.19. The molecule has 0 atom stereocenters. The molecule has 1 heterocycles. The molecule has 0 unspecified atom stereocenters. The number of halogens is 1. The number of benzene rings is 2. The van der Waals surface area contributed by atoms with Crippen molar-refractivity contribution in [3.8, 4) is 0 Å². The van der Waals surface area contributed by atoms with Crippen LogP contribution >= 0.6 is 0 Å². The highest BCUT2D eigenvalue weighted by molar-refractivity contribution is 6.36. The number of rotatable bonds is 4. The highest BCUT2D eigenvalue weighted by Crippen LogP contribution is 2.31. The van der Waals surface area contributed by atoms with Crippen LogP contribution in [0.5, 0.6) is 0 Å². The molecule has 0 spiro atoms. The minimum absolute atomic E-state index is 0.0139. The van der Waals surface area contributed by atoms with Crippen LogP contribution in [0.3, 0.4) is 0 Å². The van der Waals surface area contributed by atoms with Crippen molar-refractivity contribution in [2.45, 2.75) is 25.7 Å². The van der Waals surface area contributed by atoms with Crippen molar-refractivity contribution in [2.75, 3.05) is 11.4 Å². The van der Waals surface area contributed by atoms with E-state index in [4.69, 9.17) is 13.3 Å². The highest BCUT2D eigenvalue weighted by atomic mass is 19.1. The lowest BCUT2D eigenvalue weighted by atomic mass is 9.82. The number of amides is 1. The normalized spacial score (nSPS) is 14.1. The average Bonchev–Trinajstić information content (AvgIpc) is 2.61. The lowest BCUT2D eigenvalue weighted by Crippen LogP contribution is -2.40. The van der Waals surface area contributed by atoms with Crippen molar-refractivity contribution in [2.24, 2.45) is 0 Å². The van der Waals surface area contributed by atoms with E-state index in [0.29, 0.717) is 36.1 Å². The van der Waals surface area contributed by atoms with Crippen LogP contribution in [0.1, 0.15) is 45.7 Å².